The smallest absolute Gasteiger partial charge is 0.379 e. The first kappa shape index (κ1) is 9.66. The summed E-state index contributed by atoms with van der Waals surface area (Å²) in [5, 5.41) is 3.42. The van der Waals surface area contributed by atoms with Crippen LogP contribution in [-0.4, -0.2) is 22.7 Å². The number of hydrogen-bond acceptors (Lipinski definition) is 6. The summed E-state index contributed by atoms with van der Waals surface area (Å²) in [5.41, 5.74) is 5.45. The molecule has 1 aromatic heterocycles. The second kappa shape index (κ2) is 3.99. The minimum absolute atomic E-state index is 0.0887. The lowest BCUT2D eigenvalue weighted by molar-refractivity contribution is 0.0508. The van der Waals surface area contributed by atoms with Crippen LogP contribution in [0.2, 0.25) is 0 Å². The van der Waals surface area contributed by atoms with E-state index >= 15 is 0 Å². The first-order chi connectivity index (χ1) is 6.15. The van der Waals surface area contributed by atoms with Crippen LogP contribution in [0.1, 0.15) is 36.4 Å². The number of carbonyl (C=O) groups is 1. The van der Waals surface area contributed by atoms with E-state index in [0.29, 0.717) is 0 Å². The third-order valence-corrected chi connectivity index (χ3v) is 1.29. The number of aromatic nitrogens is 2. The van der Waals surface area contributed by atoms with Gasteiger partial charge in [0.05, 0.1) is 12.6 Å². The summed E-state index contributed by atoms with van der Waals surface area (Å²) >= 11 is 0. The molecule has 0 aliphatic carbocycles. The third kappa shape index (κ3) is 2.25. The molecule has 0 amide bonds. The maximum atomic E-state index is 11.0. The highest BCUT2D eigenvalue weighted by molar-refractivity contribution is 5.84. The fourth-order valence-electron chi connectivity index (χ4n) is 0.699. The van der Waals surface area contributed by atoms with Gasteiger partial charge in [-0.2, -0.15) is 4.98 Å². The Balaban J connectivity index is 2.73. The summed E-state index contributed by atoms with van der Waals surface area (Å²) < 4.78 is 9.36. The monoisotopic (exact) mass is 185 g/mol. The van der Waals surface area contributed by atoms with Gasteiger partial charge in [0, 0.05) is 0 Å². The van der Waals surface area contributed by atoms with Gasteiger partial charge >= 0.3 is 5.97 Å². The van der Waals surface area contributed by atoms with Gasteiger partial charge in [-0.1, -0.05) is 0 Å². The van der Waals surface area contributed by atoms with Gasteiger partial charge in [-0.3, -0.25) is 0 Å². The quantitative estimate of drug-likeness (QED) is 0.679. The molecule has 0 saturated heterocycles. The lowest BCUT2D eigenvalue weighted by Gasteiger charge is -1.94. The number of carbonyl (C=O) groups excluding carboxylic acids is 1. The van der Waals surface area contributed by atoms with Crippen LogP contribution < -0.4 is 5.73 Å². The van der Waals surface area contributed by atoms with Gasteiger partial charge < -0.3 is 15.0 Å². The highest BCUT2D eigenvalue weighted by Crippen LogP contribution is 2.06. The molecule has 1 atom stereocenters. The van der Waals surface area contributed by atoms with Gasteiger partial charge in [0.25, 0.3) is 5.82 Å². The van der Waals surface area contributed by atoms with E-state index < -0.39 is 5.97 Å². The molecule has 2 N–H and O–H groups in total. The Hall–Kier alpha value is -1.43. The van der Waals surface area contributed by atoms with Gasteiger partial charge in [0.15, 0.2) is 0 Å². The highest BCUT2D eigenvalue weighted by atomic mass is 16.5. The predicted octanol–water partition coefficient (Wildman–Crippen LogP) is 0.266. The van der Waals surface area contributed by atoms with Crippen molar-refractivity contribution >= 4 is 5.97 Å². The maximum absolute atomic E-state index is 11.0. The van der Waals surface area contributed by atoms with Gasteiger partial charge in [-0.05, 0) is 19.0 Å². The van der Waals surface area contributed by atoms with E-state index in [1.54, 1.807) is 13.8 Å². The molecule has 1 heterocycles. The average molecular weight is 185 g/mol. The molecule has 0 spiro atoms. The van der Waals surface area contributed by atoms with Crippen molar-refractivity contribution in [3.63, 3.8) is 0 Å². The largest absolute Gasteiger partial charge is 0.460 e. The first-order valence-corrected chi connectivity index (χ1v) is 3.91. The molecule has 0 unspecified atom stereocenters. The minimum Gasteiger partial charge on any atom is -0.460 e. The van der Waals surface area contributed by atoms with Crippen LogP contribution in [0.4, 0.5) is 0 Å². The van der Waals surface area contributed by atoms with Crippen LogP contribution in [0.25, 0.3) is 0 Å². The Morgan fingerprint density at radius 3 is 2.92 bits per heavy atom. The van der Waals surface area contributed by atoms with Crippen LogP contribution in [-0.2, 0) is 4.74 Å². The topological polar surface area (TPSA) is 91.2 Å². The fraction of sp³-hybridized carbons (Fsp3) is 0.571. The molecule has 0 aliphatic heterocycles. The van der Waals surface area contributed by atoms with Crippen molar-refractivity contribution in [2.75, 3.05) is 6.61 Å². The summed E-state index contributed by atoms with van der Waals surface area (Å²) in [7, 11) is 0. The molecule has 72 valence electrons. The Kier molecular flexibility index (Phi) is 2.97. The number of nitrogens with zero attached hydrogens (tertiary/aromatic N) is 2. The summed E-state index contributed by atoms with van der Waals surface area (Å²) in [4.78, 5) is 14.8. The molecule has 1 rings (SSSR count). The van der Waals surface area contributed by atoms with E-state index in [1.165, 1.54) is 0 Å². The zero-order valence-electron chi connectivity index (χ0n) is 7.48. The van der Waals surface area contributed by atoms with Gasteiger partial charge in [0.1, 0.15) is 0 Å². The van der Waals surface area contributed by atoms with E-state index in [-0.39, 0.29) is 24.4 Å². The lowest BCUT2D eigenvalue weighted by Crippen LogP contribution is -2.08. The summed E-state index contributed by atoms with van der Waals surface area (Å²) in [6, 6.07) is -0.379. The zero-order valence-corrected chi connectivity index (χ0v) is 7.48. The molecule has 6 heteroatoms. The van der Waals surface area contributed by atoms with Crippen LogP contribution in [0.15, 0.2) is 4.52 Å². The normalized spacial score (nSPS) is 12.5. The van der Waals surface area contributed by atoms with Gasteiger partial charge in [-0.25, -0.2) is 4.79 Å². The Morgan fingerprint density at radius 1 is 1.77 bits per heavy atom. The predicted molar refractivity (Wildman–Crippen MR) is 42.9 cm³/mol. The molecule has 0 saturated carbocycles. The van der Waals surface area contributed by atoms with Crippen LogP contribution in [0.5, 0.6) is 0 Å². The summed E-state index contributed by atoms with van der Waals surface area (Å²) in [5.74, 6) is -0.463. The van der Waals surface area contributed by atoms with Crippen molar-refractivity contribution in [3.8, 4) is 0 Å². The Bertz CT molecular complexity index is 295. The van der Waals surface area contributed by atoms with Gasteiger partial charge in [0.2, 0.25) is 5.89 Å². The first-order valence-electron chi connectivity index (χ1n) is 3.91. The standard InChI is InChI=1S/C7H11N3O3/c1-3-12-7(11)5-9-6(4(2)8)13-10-5/h4H,3,8H2,1-2H3/t4-/m1/s1. The van der Waals surface area contributed by atoms with Crippen molar-refractivity contribution in [2.45, 2.75) is 19.9 Å². The molecule has 0 radical (unpaired) electrons. The SMILES string of the molecule is CCOC(=O)c1noc([C@@H](C)N)n1. The van der Waals surface area contributed by atoms with Crippen LogP contribution in [0, 0.1) is 0 Å². The Labute approximate surface area is 75.1 Å². The molecule has 13 heavy (non-hydrogen) atoms. The lowest BCUT2D eigenvalue weighted by atomic mass is 10.4. The molecule has 0 aromatic carbocycles. The minimum atomic E-state index is -0.599. The molecule has 0 fully saturated rings. The fourth-order valence-corrected chi connectivity index (χ4v) is 0.699. The van der Waals surface area contributed by atoms with E-state index in [0.717, 1.165) is 0 Å². The van der Waals surface area contributed by atoms with E-state index in [1.807, 2.05) is 0 Å². The van der Waals surface area contributed by atoms with Crippen molar-refractivity contribution in [3.05, 3.63) is 11.7 Å². The van der Waals surface area contributed by atoms with Crippen molar-refractivity contribution in [2.24, 2.45) is 5.73 Å². The number of nitrogens with two attached hydrogens (primary N) is 1. The van der Waals surface area contributed by atoms with E-state index in [2.05, 4.69) is 14.9 Å². The van der Waals surface area contributed by atoms with Gasteiger partial charge in [-0.15, -0.1) is 0 Å². The molecular formula is C7H11N3O3. The number of esters is 1. The number of rotatable bonds is 3. The maximum Gasteiger partial charge on any atom is 0.379 e. The molecule has 0 bridgehead atoms. The third-order valence-electron chi connectivity index (χ3n) is 1.29. The molecule has 0 aliphatic rings. The van der Waals surface area contributed by atoms with Crippen LogP contribution in [0.3, 0.4) is 0 Å². The van der Waals surface area contributed by atoms with Crippen LogP contribution >= 0.6 is 0 Å². The number of ether oxygens (including phenoxy) is 1. The molecule has 1 aromatic rings. The highest BCUT2D eigenvalue weighted by Gasteiger charge is 2.16. The summed E-state index contributed by atoms with van der Waals surface area (Å²) in [6.07, 6.45) is 0. The Morgan fingerprint density at radius 2 is 2.46 bits per heavy atom. The van der Waals surface area contributed by atoms with Crippen molar-refractivity contribution in [1.29, 1.82) is 0 Å². The average Bonchev–Trinajstić information content (AvgIpc) is 2.52. The van der Waals surface area contributed by atoms with E-state index in [9.17, 15) is 4.79 Å². The van der Waals surface area contributed by atoms with E-state index in [4.69, 9.17) is 10.3 Å². The van der Waals surface area contributed by atoms with Crippen molar-refractivity contribution < 1.29 is 14.1 Å². The van der Waals surface area contributed by atoms with Crippen molar-refractivity contribution in [1.82, 2.24) is 10.1 Å². The second-order valence-electron chi connectivity index (χ2n) is 2.47. The summed E-state index contributed by atoms with van der Waals surface area (Å²) in [6.45, 7) is 3.66. The zero-order chi connectivity index (χ0) is 9.84. The second-order valence-corrected chi connectivity index (χ2v) is 2.47. The number of hydrogen-bond donors (Lipinski definition) is 1. The molecule has 6 nitrogen and oxygen atoms in total. The molecular weight excluding hydrogens is 174 g/mol.